The Labute approximate surface area is 248 Å². The van der Waals surface area contributed by atoms with E-state index in [0.29, 0.717) is 6.54 Å². The van der Waals surface area contributed by atoms with Crippen LogP contribution in [-0.2, 0) is 25.7 Å². The maximum absolute atomic E-state index is 11.7. The van der Waals surface area contributed by atoms with Crippen LogP contribution in [0.25, 0.3) is 0 Å². The summed E-state index contributed by atoms with van der Waals surface area (Å²) in [6.07, 6.45) is 4.51. The lowest BCUT2D eigenvalue weighted by Crippen LogP contribution is -2.40. The molecule has 234 valence electrons. The summed E-state index contributed by atoms with van der Waals surface area (Å²) in [5.41, 5.74) is 1.08. The summed E-state index contributed by atoms with van der Waals surface area (Å²) < 4.78 is 0. The molecule has 1 aromatic rings. The van der Waals surface area contributed by atoms with Crippen molar-refractivity contribution in [3.63, 3.8) is 0 Å². The zero-order valence-electron chi connectivity index (χ0n) is 26.6. The summed E-state index contributed by atoms with van der Waals surface area (Å²) in [7, 11) is 1.77. The lowest BCUT2D eigenvalue weighted by Gasteiger charge is -2.27. The van der Waals surface area contributed by atoms with Crippen molar-refractivity contribution in [2.45, 2.75) is 141 Å². The highest BCUT2D eigenvalue weighted by Gasteiger charge is 2.21. The number of carbonyl (C=O) groups is 4. The number of rotatable bonds is 7. The molecule has 0 heterocycles. The molecule has 1 rings (SSSR count). The highest BCUT2D eigenvalue weighted by molar-refractivity contribution is 7.98. The van der Waals surface area contributed by atoms with Crippen molar-refractivity contribution in [2.24, 2.45) is 0 Å². The van der Waals surface area contributed by atoms with E-state index < -0.39 is 0 Å². The minimum absolute atomic E-state index is 0. The molecule has 0 radical (unpaired) electrons. The number of carbonyl (C=O) groups excluding carboxylic acids is 4. The van der Waals surface area contributed by atoms with Crippen molar-refractivity contribution in [2.75, 3.05) is 13.3 Å². The highest BCUT2D eigenvalue weighted by atomic mass is 32.2. The second-order valence-corrected chi connectivity index (χ2v) is 9.04. The minimum Gasteiger partial charge on any atom is -0.329 e. The van der Waals surface area contributed by atoms with E-state index in [9.17, 15) is 19.2 Å². The first-order valence-electron chi connectivity index (χ1n) is 13.3. The number of hydrogen-bond donors (Lipinski definition) is 1. The van der Waals surface area contributed by atoms with Gasteiger partial charge in [-0.25, -0.2) is 0 Å². The standard InChI is InChI=1S/C14H19NO2S.C5H11NO.C3H6O.2C3H8.C2H6.2CH4/c1-10(11(2)16)15(12(3)17)9-13-7-5-6-8-14(13)18-4;1-4(6-3)5(2)7;1-3(2)4;2*1-3-2;1-2;;/h5-8,10H,9H2,1-4H3;4,6H,1-3H3;1-2H3;2*3H2,1-2H3;1-2H3;2*1H4. The van der Waals surface area contributed by atoms with Crippen LogP contribution >= 0.6 is 11.8 Å². The van der Waals surface area contributed by atoms with Gasteiger partial charge in [-0.2, -0.15) is 0 Å². The van der Waals surface area contributed by atoms with E-state index in [1.54, 1.807) is 37.6 Å². The van der Waals surface area contributed by atoms with Gasteiger partial charge in [0.2, 0.25) is 5.91 Å². The predicted octanol–water partition coefficient (Wildman–Crippen LogP) is 8.64. The number of likely N-dealkylation sites (N-methyl/N-ethyl adjacent to an activating group) is 1. The van der Waals surface area contributed by atoms with E-state index >= 15 is 0 Å². The van der Waals surface area contributed by atoms with E-state index in [0.717, 1.165) is 10.5 Å². The van der Waals surface area contributed by atoms with Gasteiger partial charge in [-0.05, 0) is 66.5 Å². The van der Waals surface area contributed by atoms with E-state index in [-0.39, 0.29) is 50.2 Å². The molecule has 0 spiro atoms. The Kier molecular flexibility index (Phi) is 52.1. The van der Waals surface area contributed by atoms with Gasteiger partial charge in [0.25, 0.3) is 0 Å². The first kappa shape index (κ1) is 53.3. The molecule has 0 aliphatic rings. The largest absolute Gasteiger partial charge is 0.329 e. The number of ketones is 3. The van der Waals surface area contributed by atoms with Crippen LogP contribution in [-0.4, -0.2) is 53.5 Å². The van der Waals surface area contributed by atoms with Gasteiger partial charge in [-0.15, -0.1) is 11.8 Å². The lowest BCUT2D eigenvalue weighted by molar-refractivity contribution is -0.137. The second kappa shape index (κ2) is 38.2. The van der Waals surface area contributed by atoms with Crippen LogP contribution in [0, 0.1) is 0 Å². The van der Waals surface area contributed by atoms with E-state index in [4.69, 9.17) is 0 Å². The van der Waals surface area contributed by atoms with Crippen molar-refractivity contribution in [3.8, 4) is 0 Å². The second-order valence-electron chi connectivity index (χ2n) is 8.19. The maximum atomic E-state index is 11.7. The number of thioether (sulfide) groups is 1. The molecular weight excluding hydrogens is 508 g/mol. The number of Topliss-reactive ketones (excluding diaryl/α,β-unsaturated/α-hetero) is 3. The van der Waals surface area contributed by atoms with Gasteiger partial charge in [0.1, 0.15) is 11.6 Å². The third kappa shape index (κ3) is 38.2. The Morgan fingerprint density at radius 2 is 1.18 bits per heavy atom. The maximum Gasteiger partial charge on any atom is 0.220 e. The Balaban J connectivity index is -0.0000000812. The average molecular weight is 575 g/mol. The van der Waals surface area contributed by atoms with E-state index in [2.05, 4.69) is 33.0 Å². The Morgan fingerprint density at radius 1 is 0.821 bits per heavy atom. The first-order valence-corrected chi connectivity index (χ1v) is 14.5. The Bertz CT molecular complexity index is 703. The molecule has 0 saturated heterocycles. The lowest BCUT2D eigenvalue weighted by atomic mass is 10.1. The monoisotopic (exact) mass is 574 g/mol. The molecule has 2 unspecified atom stereocenters. The molecule has 0 fully saturated rings. The molecule has 1 N–H and O–H groups in total. The average Bonchev–Trinajstić information content (AvgIpc) is 2.83. The number of benzene rings is 1. The predicted molar refractivity (Wildman–Crippen MR) is 177 cm³/mol. The third-order valence-corrected chi connectivity index (χ3v) is 4.87. The van der Waals surface area contributed by atoms with Crippen molar-refractivity contribution in [3.05, 3.63) is 29.8 Å². The smallest absolute Gasteiger partial charge is 0.220 e. The molecule has 0 saturated carbocycles. The van der Waals surface area contributed by atoms with Crippen molar-refractivity contribution >= 4 is 35.0 Å². The summed E-state index contributed by atoms with van der Waals surface area (Å²) in [4.78, 5) is 45.6. The SMILES string of the molecule is C.C.CC.CC(C)=O.CCC.CCC.CNC(C)C(C)=O.CSc1ccccc1CN(C(C)=O)C(C)C(C)=O. The first-order chi connectivity index (χ1) is 17.2. The zero-order chi connectivity index (χ0) is 30.6. The summed E-state index contributed by atoms with van der Waals surface area (Å²) >= 11 is 1.65. The molecule has 0 aromatic heterocycles. The molecule has 0 aliphatic carbocycles. The molecule has 2 atom stereocenters. The van der Waals surface area contributed by atoms with Gasteiger partial charge in [-0.3, -0.25) is 14.4 Å². The highest BCUT2D eigenvalue weighted by Crippen LogP contribution is 2.22. The van der Waals surface area contributed by atoms with Crippen LogP contribution in [0.2, 0.25) is 0 Å². The van der Waals surface area contributed by atoms with Crippen LogP contribution in [0.4, 0.5) is 0 Å². The number of nitrogens with zero attached hydrogens (tertiary/aromatic N) is 1. The van der Waals surface area contributed by atoms with Crippen LogP contribution < -0.4 is 5.32 Å². The van der Waals surface area contributed by atoms with Gasteiger partial charge in [0, 0.05) is 18.4 Å². The molecule has 0 bridgehead atoms. The van der Waals surface area contributed by atoms with E-state index in [1.807, 2.05) is 51.3 Å². The fourth-order valence-corrected chi connectivity index (χ4v) is 2.57. The molecule has 1 aromatic carbocycles. The number of amides is 1. The quantitative estimate of drug-likeness (QED) is 0.328. The molecule has 39 heavy (non-hydrogen) atoms. The molecular formula is C32H66N2O4S. The summed E-state index contributed by atoms with van der Waals surface area (Å²) in [6, 6.07) is 7.58. The minimum atomic E-state index is -0.377. The van der Waals surface area contributed by atoms with Crippen LogP contribution in [0.15, 0.2) is 29.2 Å². The van der Waals surface area contributed by atoms with Crippen LogP contribution in [0.3, 0.4) is 0 Å². The molecule has 0 aliphatic heterocycles. The Hall–Kier alpha value is -1.99. The van der Waals surface area contributed by atoms with E-state index in [1.165, 1.54) is 40.5 Å². The zero-order valence-corrected chi connectivity index (χ0v) is 27.4. The normalized spacial score (nSPS) is 9.72. The van der Waals surface area contributed by atoms with Gasteiger partial charge >= 0.3 is 0 Å². The third-order valence-electron chi connectivity index (χ3n) is 4.04. The van der Waals surface area contributed by atoms with Gasteiger partial charge < -0.3 is 15.0 Å². The number of nitrogens with one attached hydrogen (secondary N) is 1. The fourth-order valence-electron chi connectivity index (χ4n) is 1.96. The van der Waals surface area contributed by atoms with Gasteiger partial charge in [0.15, 0.2) is 5.78 Å². The summed E-state index contributed by atoms with van der Waals surface area (Å²) in [6.45, 7) is 24.2. The van der Waals surface area contributed by atoms with Gasteiger partial charge in [-0.1, -0.05) is 87.4 Å². The fraction of sp³-hybridized carbons (Fsp3) is 0.688. The van der Waals surface area contributed by atoms with Crippen LogP contribution in [0.1, 0.15) is 123 Å². The molecule has 7 heteroatoms. The topological polar surface area (TPSA) is 83.6 Å². The van der Waals surface area contributed by atoms with Crippen molar-refractivity contribution in [1.82, 2.24) is 10.2 Å². The summed E-state index contributed by atoms with van der Waals surface area (Å²) in [5, 5.41) is 2.81. The number of hydrogen-bond acceptors (Lipinski definition) is 6. The molecule has 6 nitrogen and oxygen atoms in total. The summed E-state index contributed by atoms with van der Waals surface area (Å²) in [5.74, 6) is 0.280. The van der Waals surface area contributed by atoms with Crippen molar-refractivity contribution in [1.29, 1.82) is 0 Å². The van der Waals surface area contributed by atoms with Crippen LogP contribution in [0.5, 0.6) is 0 Å². The van der Waals surface area contributed by atoms with Gasteiger partial charge in [0.05, 0.1) is 12.1 Å². The molecule has 1 amide bonds. The van der Waals surface area contributed by atoms with Crippen molar-refractivity contribution < 1.29 is 19.2 Å². The Morgan fingerprint density at radius 3 is 1.41 bits per heavy atom.